The van der Waals surface area contributed by atoms with Crippen LogP contribution in [0, 0.1) is 5.82 Å². The van der Waals surface area contributed by atoms with Crippen LogP contribution in [0.2, 0.25) is 0 Å². The summed E-state index contributed by atoms with van der Waals surface area (Å²) in [5, 5.41) is 5.91. The highest BCUT2D eigenvalue weighted by Crippen LogP contribution is 2.34. The maximum atomic E-state index is 13.3. The Kier molecular flexibility index (Phi) is 6.52. The van der Waals surface area contributed by atoms with Crippen molar-refractivity contribution in [1.82, 2.24) is 10.6 Å². The quantitative estimate of drug-likeness (QED) is 0.801. The minimum Gasteiger partial charge on any atom is -0.381 e. The Balaban J connectivity index is 1.57. The van der Waals surface area contributed by atoms with Gasteiger partial charge in [-0.25, -0.2) is 9.18 Å². The van der Waals surface area contributed by atoms with Crippen LogP contribution >= 0.6 is 0 Å². The molecule has 6 heteroatoms. The van der Waals surface area contributed by atoms with Crippen LogP contribution in [0.5, 0.6) is 0 Å². The van der Waals surface area contributed by atoms with E-state index in [0.29, 0.717) is 26.3 Å². The Hall–Kier alpha value is -2.60. The molecule has 2 aromatic carbocycles. The number of nitrogens with one attached hydrogen (secondary N) is 2. The molecule has 28 heavy (non-hydrogen) atoms. The number of nitrogens with zero attached hydrogens (tertiary/aromatic N) is 1. The lowest BCUT2D eigenvalue weighted by Crippen LogP contribution is -2.47. The molecule has 1 aliphatic rings. The molecule has 150 valence electrons. The summed E-state index contributed by atoms with van der Waals surface area (Å²) in [6, 6.07) is 14.4. The number of amides is 2. The monoisotopic (exact) mass is 385 g/mol. The number of benzene rings is 2. The van der Waals surface area contributed by atoms with Crippen LogP contribution in [0.25, 0.3) is 0 Å². The van der Waals surface area contributed by atoms with Gasteiger partial charge in [0.1, 0.15) is 5.82 Å². The van der Waals surface area contributed by atoms with Crippen molar-refractivity contribution >= 4 is 11.7 Å². The average molecular weight is 385 g/mol. The minimum atomic E-state index is -0.253. The zero-order valence-electron chi connectivity index (χ0n) is 16.5. The molecule has 1 heterocycles. The molecule has 3 rings (SSSR count). The van der Waals surface area contributed by atoms with Crippen molar-refractivity contribution in [2.75, 3.05) is 38.8 Å². The third-order valence-electron chi connectivity index (χ3n) is 5.40. The second kappa shape index (κ2) is 9.06. The van der Waals surface area contributed by atoms with Crippen molar-refractivity contribution in [2.45, 2.75) is 24.8 Å². The summed E-state index contributed by atoms with van der Waals surface area (Å²) in [5.41, 5.74) is 2.97. The van der Waals surface area contributed by atoms with Gasteiger partial charge in [-0.2, -0.15) is 0 Å². The van der Waals surface area contributed by atoms with Crippen LogP contribution in [-0.4, -0.2) is 39.9 Å². The second-order valence-corrected chi connectivity index (χ2v) is 7.50. The van der Waals surface area contributed by atoms with Crippen LogP contribution in [0.15, 0.2) is 48.5 Å². The fourth-order valence-corrected chi connectivity index (χ4v) is 3.54. The van der Waals surface area contributed by atoms with E-state index in [1.165, 1.54) is 12.1 Å². The Labute approximate surface area is 165 Å². The molecule has 1 aliphatic heterocycles. The van der Waals surface area contributed by atoms with Gasteiger partial charge in [-0.15, -0.1) is 0 Å². The van der Waals surface area contributed by atoms with Crippen molar-refractivity contribution in [3.05, 3.63) is 65.5 Å². The van der Waals surface area contributed by atoms with Gasteiger partial charge in [-0.3, -0.25) is 0 Å². The lowest BCUT2D eigenvalue weighted by atomic mass is 9.74. The standard InChI is InChI=1S/C22H28FN3O2/c1-26(2)20-9-3-17(4-10-20)15-24-21(27)25-16-22(11-13-28-14-12-22)18-5-7-19(23)8-6-18/h3-10H,11-16H2,1-2H3,(H2,24,25,27). The SMILES string of the molecule is CN(C)c1ccc(CNC(=O)NCC2(c3ccc(F)cc3)CCOCC2)cc1. The van der Waals surface area contributed by atoms with Crippen molar-refractivity contribution in [1.29, 1.82) is 0 Å². The number of carbonyl (C=O) groups is 1. The minimum absolute atomic E-state index is 0.204. The first kappa shape index (κ1) is 20.1. The summed E-state index contributed by atoms with van der Waals surface area (Å²) in [5.74, 6) is -0.253. The summed E-state index contributed by atoms with van der Waals surface area (Å²) in [6.45, 7) is 2.23. The third-order valence-corrected chi connectivity index (χ3v) is 5.40. The van der Waals surface area contributed by atoms with Crippen LogP contribution in [0.1, 0.15) is 24.0 Å². The molecule has 1 fully saturated rings. The molecular formula is C22H28FN3O2. The topological polar surface area (TPSA) is 53.6 Å². The molecule has 0 aromatic heterocycles. The maximum Gasteiger partial charge on any atom is 0.315 e. The van der Waals surface area contributed by atoms with E-state index in [1.807, 2.05) is 55.4 Å². The van der Waals surface area contributed by atoms with Gasteiger partial charge in [0.15, 0.2) is 0 Å². The zero-order chi connectivity index (χ0) is 20.0. The van der Waals surface area contributed by atoms with Gasteiger partial charge in [0.25, 0.3) is 0 Å². The highest BCUT2D eigenvalue weighted by molar-refractivity contribution is 5.74. The summed E-state index contributed by atoms with van der Waals surface area (Å²) < 4.78 is 18.8. The normalized spacial score (nSPS) is 15.7. The summed E-state index contributed by atoms with van der Waals surface area (Å²) >= 11 is 0. The van der Waals surface area contributed by atoms with E-state index in [2.05, 4.69) is 10.6 Å². The number of ether oxygens (including phenoxy) is 1. The largest absolute Gasteiger partial charge is 0.381 e. The van der Waals surface area contributed by atoms with Crippen molar-refractivity contribution in [2.24, 2.45) is 0 Å². The molecule has 0 unspecified atom stereocenters. The van der Waals surface area contributed by atoms with Crippen LogP contribution < -0.4 is 15.5 Å². The molecule has 0 spiro atoms. The summed E-state index contributed by atoms with van der Waals surface area (Å²) in [4.78, 5) is 14.4. The molecule has 0 bridgehead atoms. The maximum absolute atomic E-state index is 13.3. The van der Waals surface area contributed by atoms with Gasteiger partial charge in [-0.1, -0.05) is 24.3 Å². The van der Waals surface area contributed by atoms with E-state index in [1.54, 1.807) is 0 Å². The number of anilines is 1. The highest BCUT2D eigenvalue weighted by atomic mass is 19.1. The summed E-state index contributed by atoms with van der Waals surface area (Å²) in [6.07, 6.45) is 1.59. The molecule has 2 amide bonds. The van der Waals surface area contributed by atoms with Crippen molar-refractivity contribution in [3.63, 3.8) is 0 Å². The Morgan fingerprint density at radius 2 is 1.68 bits per heavy atom. The molecular weight excluding hydrogens is 357 g/mol. The van der Waals surface area contributed by atoms with E-state index in [9.17, 15) is 9.18 Å². The molecule has 1 saturated heterocycles. The number of hydrogen-bond donors (Lipinski definition) is 2. The Morgan fingerprint density at radius 3 is 2.29 bits per heavy atom. The fourth-order valence-electron chi connectivity index (χ4n) is 3.54. The van der Waals surface area contributed by atoms with Crippen LogP contribution in [0.3, 0.4) is 0 Å². The predicted octanol–water partition coefficient (Wildman–Crippen LogP) is 3.44. The lowest BCUT2D eigenvalue weighted by Gasteiger charge is -2.38. The number of halogens is 1. The van der Waals surface area contributed by atoms with Crippen LogP contribution in [0.4, 0.5) is 14.9 Å². The Bertz CT molecular complexity index is 769. The van der Waals surface area contributed by atoms with Gasteiger partial charge in [0.2, 0.25) is 0 Å². The molecule has 0 atom stereocenters. The first-order valence-electron chi connectivity index (χ1n) is 9.60. The fraction of sp³-hybridized carbons (Fsp3) is 0.409. The number of hydrogen-bond acceptors (Lipinski definition) is 3. The van der Waals surface area contributed by atoms with E-state index >= 15 is 0 Å². The van der Waals surface area contributed by atoms with Gasteiger partial charge in [0, 0.05) is 51.5 Å². The van der Waals surface area contributed by atoms with Crippen LogP contribution in [-0.2, 0) is 16.7 Å². The Morgan fingerprint density at radius 1 is 1.04 bits per heavy atom. The third kappa shape index (κ3) is 5.01. The second-order valence-electron chi connectivity index (χ2n) is 7.50. The smallest absolute Gasteiger partial charge is 0.315 e. The van der Waals surface area contributed by atoms with Gasteiger partial charge >= 0.3 is 6.03 Å². The predicted molar refractivity (Wildman–Crippen MR) is 109 cm³/mol. The first-order chi connectivity index (χ1) is 13.5. The van der Waals surface area contributed by atoms with E-state index in [4.69, 9.17) is 4.74 Å². The summed E-state index contributed by atoms with van der Waals surface area (Å²) in [7, 11) is 3.99. The molecule has 0 saturated carbocycles. The molecule has 2 aromatic rings. The van der Waals surface area contributed by atoms with Gasteiger partial charge < -0.3 is 20.3 Å². The molecule has 5 nitrogen and oxygen atoms in total. The molecule has 0 radical (unpaired) electrons. The van der Waals surface area contributed by atoms with Crippen molar-refractivity contribution in [3.8, 4) is 0 Å². The van der Waals surface area contributed by atoms with Gasteiger partial charge in [-0.05, 0) is 48.2 Å². The number of urea groups is 1. The number of rotatable bonds is 6. The number of carbonyl (C=O) groups excluding carboxylic acids is 1. The zero-order valence-corrected chi connectivity index (χ0v) is 16.5. The average Bonchev–Trinajstić information content (AvgIpc) is 2.72. The van der Waals surface area contributed by atoms with Gasteiger partial charge in [0.05, 0.1) is 0 Å². The van der Waals surface area contributed by atoms with Crippen molar-refractivity contribution < 1.29 is 13.9 Å². The molecule has 0 aliphatic carbocycles. The first-order valence-corrected chi connectivity index (χ1v) is 9.60. The molecule has 2 N–H and O–H groups in total. The van der Waals surface area contributed by atoms with E-state index in [-0.39, 0.29) is 17.3 Å². The van der Waals surface area contributed by atoms with E-state index < -0.39 is 0 Å². The highest BCUT2D eigenvalue weighted by Gasteiger charge is 2.34. The lowest BCUT2D eigenvalue weighted by molar-refractivity contribution is 0.0506. The van der Waals surface area contributed by atoms with E-state index in [0.717, 1.165) is 29.7 Å².